The van der Waals surface area contributed by atoms with E-state index >= 15 is 0 Å². The summed E-state index contributed by atoms with van der Waals surface area (Å²) in [5.74, 6) is 0.160. The predicted molar refractivity (Wildman–Crippen MR) is 99.8 cm³/mol. The summed E-state index contributed by atoms with van der Waals surface area (Å²) >= 11 is 1.66. The van der Waals surface area contributed by atoms with Gasteiger partial charge in [-0.25, -0.2) is 0 Å². The van der Waals surface area contributed by atoms with E-state index in [-0.39, 0.29) is 11.8 Å². The summed E-state index contributed by atoms with van der Waals surface area (Å²) in [4.78, 5) is 33.1. The van der Waals surface area contributed by atoms with Gasteiger partial charge in [-0.2, -0.15) is 0 Å². The molecular weight excluding hydrogens is 334 g/mol. The number of aromatic nitrogens is 1. The van der Waals surface area contributed by atoms with Gasteiger partial charge in [-0.3, -0.25) is 9.59 Å². The normalized spacial score (nSPS) is 15.1. The van der Waals surface area contributed by atoms with E-state index in [1.807, 2.05) is 58.7 Å². The maximum absolute atomic E-state index is 12.7. The fourth-order valence-corrected chi connectivity index (χ4v) is 3.45. The molecule has 0 radical (unpaired) electrons. The second-order valence-corrected chi connectivity index (χ2v) is 7.01. The first kappa shape index (κ1) is 17.6. The average molecular weight is 357 g/mol. The number of hydrogen-bond donors (Lipinski definition) is 1. The van der Waals surface area contributed by atoms with Crippen LogP contribution in [0.25, 0.3) is 0 Å². The first-order valence-electron chi connectivity index (χ1n) is 8.51. The van der Waals surface area contributed by atoms with Crippen molar-refractivity contribution in [3.8, 4) is 0 Å². The Morgan fingerprint density at radius 2 is 1.76 bits per heavy atom. The summed E-state index contributed by atoms with van der Waals surface area (Å²) in [7, 11) is 0. The molecule has 5 nitrogen and oxygen atoms in total. The molecule has 25 heavy (non-hydrogen) atoms. The molecule has 1 aliphatic heterocycles. The number of rotatable bonds is 4. The van der Waals surface area contributed by atoms with Crippen molar-refractivity contribution < 1.29 is 9.59 Å². The lowest BCUT2D eigenvalue weighted by Crippen LogP contribution is -2.38. The minimum atomic E-state index is 0.0475. The lowest BCUT2D eigenvalue weighted by molar-refractivity contribution is -0.130. The van der Waals surface area contributed by atoms with Crippen molar-refractivity contribution in [2.75, 3.05) is 32.4 Å². The lowest BCUT2D eigenvalue weighted by atomic mass is 10.2. The molecule has 0 spiro atoms. The number of amides is 2. The number of nitrogens with one attached hydrogen (secondary N) is 1. The number of hydrogen-bond acceptors (Lipinski definition) is 3. The Bertz CT molecular complexity index is 713. The standard InChI is InChI=1S/C19H23N3O2S/c1-25-17-7-5-15(6-8-17)19(24)22-11-3-10-21(12-13-22)18(23)14-16-4-2-9-20-16/h2,4-9,20H,3,10-14H2,1H3. The highest BCUT2D eigenvalue weighted by Crippen LogP contribution is 2.17. The minimum Gasteiger partial charge on any atom is -0.365 e. The van der Waals surface area contributed by atoms with Crippen LogP contribution in [0.15, 0.2) is 47.5 Å². The van der Waals surface area contributed by atoms with Gasteiger partial charge >= 0.3 is 0 Å². The van der Waals surface area contributed by atoms with Crippen molar-refractivity contribution in [2.45, 2.75) is 17.7 Å². The van der Waals surface area contributed by atoms with Crippen molar-refractivity contribution in [1.82, 2.24) is 14.8 Å². The first-order chi connectivity index (χ1) is 12.2. The van der Waals surface area contributed by atoms with Crippen molar-refractivity contribution in [1.29, 1.82) is 0 Å². The van der Waals surface area contributed by atoms with E-state index in [1.54, 1.807) is 11.8 Å². The van der Waals surface area contributed by atoms with Gasteiger partial charge in [0, 0.05) is 48.5 Å². The van der Waals surface area contributed by atoms with E-state index in [1.165, 1.54) is 0 Å². The van der Waals surface area contributed by atoms with Crippen LogP contribution in [0, 0.1) is 0 Å². The molecule has 132 valence electrons. The van der Waals surface area contributed by atoms with Crippen LogP contribution in [-0.4, -0.2) is 59.0 Å². The van der Waals surface area contributed by atoms with Gasteiger partial charge in [0.2, 0.25) is 5.91 Å². The molecule has 0 unspecified atom stereocenters. The number of carbonyl (C=O) groups excluding carboxylic acids is 2. The highest BCUT2D eigenvalue weighted by molar-refractivity contribution is 7.98. The number of thioether (sulfide) groups is 1. The van der Waals surface area contributed by atoms with E-state index in [2.05, 4.69) is 4.98 Å². The fraction of sp³-hybridized carbons (Fsp3) is 0.368. The molecule has 1 aromatic heterocycles. The van der Waals surface area contributed by atoms with Gasteiger partial charge in [0.05, 0.1) is 6.42 Å². The molecule has 3 rings (SSSR count). The van der Waals surface area contributed by atoms with E-state index in [0.717, 1.165) is 17.0 Å². The van der Waals surface area contributed by atoms with Crippen LogP contribution < -0.4 is 0 Å². The number of aromatic amines is 1. The largest absolute Gasteiger partial charge is 0.365 e. The molecule has 2 amide bonds. The van der Waals surface area contributed by atoms with Crippen LogP contribution >= 0.6 is 11.8 Å². The third kappa shape index (κ3) is 4.45. The quantitative estimate of drug-likeness (QED) is 0.856. The van der Waals surface area contributed by atoms with Crippen molar-refractivity contribution in [2.24, 2.45) is 0 Å². The Labute approximate surface area is 152 Å². The van der Waals surface area contributed by atoms with Crippen molar-refractivity contribution >= 4 is 23.6 Å². The van der Waals surface area contributed by atoms with Gasteiger partial charge in [-0.15, -0.1) is 11.8 Å². The summed E-state index contributed by atoms with van der Waals surface area (Å²) in [6, 6.07) is 11.5. The SMILES string of the molecule is CSc1ccc(C(=O)N2CCCN(C(=O)Cc3ccc[nH]3)CC2)cc1. The van der Waals surface area contributed by atoms with Crippen molar-refractivity contribution in [3.63, 3.8) is 0 Å². The summed E-state index contributed by atoms with van der Waals surface area (Å²) < 4.78 is 0. The maximum atomic E-state index is 12.7. The Balaban J connectivity index is 1.58. The van der Waals surface area contributed by atoms with Gasteiger partial charge in [0.25, 0.3) is 5.91 Å². The third-order valence-electron chi connectivity index (χ3n) is 4.48. The van der Waals surface area contributed by atoms with Crippen LogP contribution in [0.3, 0.4) is 0 Å². The van der Waals surface area contributed by atoms with E-state index in [0.29, 0.717) is 38.2 Å². The van der Waals surface area contributed by atoms with E-state index in [9.17, 15) is 9.59 Å². The summed E-state index contributed by atoms with van der Waals surface area (Å²) in [6.45, 7) is 2.57. The molecule has 0 bridgehead atoms. The molecule has 2 aromatic rings. The van der Waals surface area contributed by atoms with Gasteiger partial charge < -0.3 is 14.8 Å². The monoisotopic (exact) mass is 357 g/mol. The number of benzene rings is 1. The number of H-pyrrole nitrogens is 1. The van der Waals surface area contributed by atoms with Crippen LogP contribution in [0.2, 0.25) is 0 Å². The second kappa shape index (κ2) is 8.25. The molecule has 0 atom stereocenters. The maximum Gasteiger partial charge on any atom is 0.253 e. The predicted octanol–water partition coefficient (Wildman–Crippen LogP) is 2.65. The third-order valence-corrected chi connectivity index (χ3v) is 5.22. The molecule has 2 heterocycles. The van der Waals surface area contributed by atoms with Crippen LogP contribution in [0.4, 0.5) is 0 Å². The highest BCUT2D eigenvalue weighted by atomic mass is 32.2. The smallest absolute Gasteiger partial charge is 0.253 e. The van der Waals surface area contributed by atoms with Gasteiger partial charge in [-0.05, 0) is 49.1 Å². The zero-order valence-corrected chi connectivity index (χ0v) is 15.2. The fourth-order valence-electron chi connectivity index (χ4n) is 3.04. The molecule has 1 aliphatic rings. The second-order valence-electron chi connectivity index (χ2n) is 6.13. The molecule has 0 saturated carbocycles. The Hall–Kier alpha value is -2.21. The van der Waals surface area contributed by atoms with Crippen LogP contribution in [0.1, 0.15) is 22.5 Å². The number of carbonyl (C=O) groups is 2. The van der Waals surface area contributed by atoms with Gasteiger partial charge in [0.1, 0.15) is 0 Å². The Kier molecular flexibility index (Phi) is 5.81. The molecule has 1 fully saturated rings. The topological polar surface area (TPSA) is 56.4 Å². The highest BCUT2D eigenvalue weighted by Gasteiger charge is 2.23. The van der Waals surface area contributed by atoms with Gasteiger partial charge in [0.15, 0.2) is 0 Å². The average Bonchev–Trinajstić information content (AvgIpc) is 3.02. The zero-order valence-electron chi connectivity index (χ0n) is 14.4. The lowest BCUT2D eigenvalue weighted by Gasteiger charge is -2.22. The van der Waals surface area contributed by atoms with Crippen LogP contribution in [-0.2, 0) is 11.2 Å². The minimum absolute atomic E-state index is 0.0475. The Morgan fingerprint density at radius 3 is 2.44 bits per heavy atom. The molecule has 1 N–H and O–H groups in total. The molecule has 6 heteroatoms. The summed E-state index contributed by atoms with van der Waals surface area (Å²) in [6.07, 6.45) is 5.04. The van der Waals surface area contributed by atoms with E-state index < -0.39 is 0 Å². The summed E-state index contributed by atoms with van der Waals surface area (Å²) in [5.41, 5.74) is 1.64. The van der Waals surface area contributed by atoms with Crippen molar-refractivity contribution in [3.05, 3.63) is 53.9 Å². The molecule has 1 saturated heterocycles. The number of nitrogens with zero attached hydrogens (tertiary/aromatic N) is 2. The molecule has 1 aromatic carbocycles. The zero-order chi connectivity index (χ0) is 17.6. The van der Waals surface area contributed by atoms with Crippen LogP contribution in [0.5, 0.6) is 0 Å². The summed E-state index contributed by atoms with van der Waals surface area (Å²) in [5, 5.41) is 0. The van der Waals surface area contributed by atoms with Gasteiger partial charge in [-0.1, -0.05) is 0 Å². The Morgan fingerprint density at radius 1 is 1.04 bits per heavy atom. The first-order valence-corrected chi connectivity index (χ1v) is 9.73. The van der Waals surface area contributed by atoms with E-state index in [4.69, 9.17) is 0 Å². The molecular formula is C19H23N3O2S. The molecule has 0 aliphatic carbocycles.